The van der Waals surface area contributed by atoms with Crippen LogP contribution in [0.3, 0.4) is 0 Å². The van der Waals surface area contributed by atoms with Gasteiger partial charge in [0.1, 0.15) is 0 Å². The molecule has 0 bridgehead atoms. The zero-order chi connectivity index (χ0) is 15.3. The molecule has 2 N–H and O–H groups in total. The van der Waals surface area contributed by atoms with E-state index in [9.17, 15) is 13.2 Å². The van der Waals surface area contributed by atoms with E-state index in [4.69, 9.17) is 5.73 Å². The lowest BCUT2D eigenvalue weighted by Crippen LogP contribution is -2.50. The molecule has 2 atom stereocenters. The number of sulfone groups is 1. The van der Waals surface area contributed by atoms with Gasteiger partial charge in [-0.3, -0.25) is 4.79 Å². The van der Waals surface area contributed by atoms with Gasteiger partial charge in [0.2, 0.25) is 5.91 Å². The molecule has 0 saturated carbocycles. The summed E-state index contributed by atoms with van der Waals surface area (Å²) >= 11 is 0. The minimum atomic E-state index is -2.98. The molecule has 1 heterocycles. The Kier molecular flexibility index (Phi) is 6.45. The third-order valence-electron chi connectivity index (χ3n) is 3.73. The standard InChI is InChI=1S/C14H28N2O3S/c1-4-5-7-16(12-6-8-20(18,19)10-12)14(17)13(15)9-11(2)3/h11-13H,4-10,15H2,1-3H3/t12?,13-/m0/s1. The Morgan fingerprint density at radius 3 is 2.50 bits per heavy atom. The molecule has 1 aliphatic heterocycles. The van der Waals surface area contributed by atoms with E-state index in [0.717, 1.165) is 12.8 Å². The summed E-state index contributed by atoms with van der Waals surface area (Å²) in [6.07, 6.45) is 3.05. The van der Waals surface area contributed by atoms with E-state index < -0.39 is 15.9 Å². The molecule has 118 valence electrons. The number of hydrogen-bond donors (Lipinski definition) is 1. The summed E-state index contributed by atoms with van der Waals surface area (Å²) in [5, 5.41) is 0. The first-order chi connectivity index (χ1) is 9.26. The third-order valence-corrected chi connectivity index (χ3v) is 5.48. The third kappa shape index (κ3) is 5.05. The Labute approximate surface area is 122 Å². The van der Waals surface area contributed by atoms with Crippen LogP contribution in [0.1, 0.15) is 46.5 Å². The molecular weight excluding hydrogens is 276 g/mol. The molecule has 1 amide bonds. The van der Waals surface area contributed by atoms with E-state index in [1.165, 1.54) is 0 Å². The number of carbonyl (C=O) groups is 1. The predicted molar refractivity (Wildman–Crippen MR) is 81.1 cm³/mol. The van der Waals surface area contributed by atoms with Crippen molar-refractivity contribution in [2.45, 2.75) is 58.5 Å². The molecule has 0 aliphatic carbocycles. The molecule has 0 aromatic carbocycles. The lowest BCUT2D eigenvalue weighted by molar-refractivity contribution is -0.135. The highest BCUT2D eigenvalue weighted by molar-refractivity contribution is 7.91. The van der Waals surface area contributed by atoms with E-state index in [1.807, 2.05) is 13.8 Å². The molecule has 5 nitrogen and oxygen atoms in total. The summed E-state index contributed by atoms with van der Waals surface area (Å²) in [6.45, 7) is 6.73. The first-order valence-corrected chi connectivity index (χ1v) is 9.35. The molecule has 1 rings (SSSR count). The fourth-order valence-corrected chi connectivity index (χ4v) is 4.37. The summed E-state index contributed by atoms with van der Waals surface area (Å²) < 4.78 is 23.2. The van der Waals surface area contributed by atoms with Gasteiger partial charge in [-0.1, -0.05) is 27.2 Å². The molecule has 0 aromatic rings. The van der Waals surface area contributed by atoms with Crippen LogP contribution in [0.4, 0.5) is 0 Å². The summed E-state index contributed by atoms with van der Waals surface area (Å²) in [7, 11) is -2.98. The van der Waals surface area contributed by atoms with Crippen LogP contribution in [0.5, 0.6) is 0 Å². The molecule has 0 aromatic heterocycles. The minimum Gasteiger partial charge on any atom is -0.337 e. The van der Waals surface area contributed by atoms with Crippen molar-refractivity contribution < 1.29 is 13.2 Å². The molecule has 1 aliphatic rings. The van der Waals surface area contributed by atoms with Crippen LogP contribution in [0.15, 0.2) is 0 Å². The van der Waals surface area contributed by atoms with Crippen molar-refractivity contribution in [2.24, 2.45) is 11.7 Å². The van der Waals surface area contributed by atoms with Crippen LogP contribution >= 0.6 is 0 Å². The van der Waals surface area contributed by atoms with E-state index >= 15 is 0 Å². The number of rotatable bonds is 7. The van der Waals surface area contributed by atoms with Crippen molar-refractivity contribution >= 4 is 15.7 Å². The minimum absolute atomic E-state index is 0.0887. The number of carbonyl (C=O) groups excluding carboxylic acids is 1. The van der Waals surface area contributed by atoms with Gasteiger partial charge in [0.05, 0.1) is 17.5 Å². The molecule has 20 heavy (non-hydrogen) atoms. The lowest BCUT2D eigenvalue weighted by Gasteiger charge is -2.31. The van der Waals surface area contributed by atoms with Crippen LogP contribution in [0, 0.1) is 5.92 Å². The number of nitrogens with two attached hydrogens (primary N) is 1. The summed E-state index contributed by atoms with van der Waals surface area (Å²) in [4.78, 5) is 14.2. The number of unbranched alkanes of at least 4 members (excludes halogenated alkanes) is 1. The van der Waals surface area contributed by atoms with Gasteiger partial charge in [0, 0.05) is 12.6 Å². The quantitative estimate of drug-likeness (QED) is 0.766. The highest BCUT2D eigenvalue weighted by Crippen LogP contribution is 2.20. The van der Waals surface area contributed by atoms with Gasteiger partial charge in [-0.15, -0.1) is 0 Å². The Morgan fingerprint density at radius 2 is 2.05 bits per heavy atom. The Morgan fingerprint density at radius 1 is 1.40 bits per heavy atom. The predicted octanol–water partition coefficient (Wildman–Crippen LogP) is 1.18. The molecule has 0 radical (unpaired) electrons. The average molecular weight is 304 g/mol. The van der Waals surface area contributed by atoms with E-state index in [1.54, 1.807) is 4.90 Å². The van der Waals surface area contributed by atoms with Crippen LogP contribution in [0.25, 0.3) is 0 Å². The highest BCUT2D eigenvalue weighted by atomic mass is 32.2. The van der Waals surface area contributed by atoms with Crippen LogP contribution in [-0.4, -0.2) is 49.4 Å². The second-order valence-electron chi connectivity index (χ2n) is 6.18. The zero-order valence-corrected chi connectivity index (χ0v) is 13.7. The summed E-state index contributed by atoms with van der Waals surface area (Å²) in [5.41, 5.74) is 5.99. The van der Waals surface area contributed by atoms with E-state index in [-0.39, 0.29) is 23.5 Å². The second kappa shape index (κ2) is 7.41. The SMILES string of the molecule is CCCCN(C(=O)[C@@H](N)CC(C)C)C1CCS(=O)(=O)C1. The van der Waals surface area contributed by atoms with Crippen molar-refractivity contribution in [2.75, 3.05) is 18.1 Å². The van der Waals surface area contributed by atoms with Crippen molar-refractivity contribution in [1.82, 2.24) is 4.90 Å². The monoisotopic (exact) mass is 304 g/mol. The largest absolute Gasteiger partial charge is 0.337 e. The maximum atomic E-state index is 12.5. The van der Waals surface area contributed by atoms with Crippen LogP contribution in [-0.2, 0) is 14.6 Å². The van der Waals surface area contributed by atoms with Gasteiger partial charge in [-0.25, -0.2) is 8.42 Å². The summed E-state index contributed by atoms with van der Waals surface area (Å²) in [5.74, 6) is 0.549. The van der Waals surface area contributed by atoms with Gasteiger partial charge in [-0.2, -0.15) is 0 Å². The zero-order valence-electron chi connectivity index (χ0n) is 12.8. The van der Waals surface area contributed by atoms with Crippen molar-refractivity contribution in [1.29, 1.82) is 0 Å². The van der Waals surface area contributed by atoms with E-state index in [0.29, 0.717) is 25.3 Å². The molecule has 1 fully saturated rings. The van der Waals surface area contributed by atoms with Gasteiger partial charge in [0.15, 0.2) is 9.84 Å². The maximum absolute atomic E-state index is 12.5. The molecule has 1 unspecified atom stereocenters. The molecule has 6 heteroatoms. The Balaban J connectivity index is 2.75. The second-order valence-corrected chi connectivity index (χ2v) is 8.41. The highest BCUT2D eigenvalue weighted by Gasteiger charge is 2.35. The van der Waals surface area contributed by atoms with Crippen molar-refractivity contribution in [3.63, 3.8) is 0 Å². The number of hydrogen-bond acceptors (Lipinski definition) is 4. The van der Waals surface area contributed by atoms with Crippen molar-refractivity contribution in [3.05, 3.63) is 0 Å². The van der Waals surface area contributed by atoms with Gasteiger partial charge in [-0.05, 0) is 25.2 Å². The average Bonchev–Trinajstić information content (AvgIpc) is 2.69. The normalized spacial score (nSPS) is 22.9. The first-order valence-electron chi connectivity index (χ1n) is 7.53. The molecule has 1 saturated heterocycles. The molecule has 0 spiro atoms. The fourth-order valence-electron chi connectivity index (χ4n) is 2.64. The summed E-state index contributed by atoms with van der Waals surface area (Å²) in [6, 6.07) is -0.701. The molecular formula is C14H28N2O3S. The van der Waals surface area contributed by atoms with Crippen molar-refractivity contribution in [3.8, 4) is 0 Å². The van der Waals surface area contributed by atoms with Gasteiger partial charge >= 0.3 is 0 Å². The first kappa shape index (κ1) is 17.4. The Bertz CT molecular complexity index is 420. The number of amides is 1. The fraction of sp³-hybridized carbons (Fsp3) is 0.929. The van der Waals surface area contributed by atoms with Crippen LogP contribution < -0.4 is 5.73 Å². The Hall–Kier alpha value is -0.620. The van der Waals surface area contributed by atoms with Gasteiger partial charge in [0.25, 0.3) is 0 Å². The maximum Gasteiger partial charge on any atom is 0.239 e. The van der Waals surface area contributed by atoms with Gasteiger partial charge < -0.3 is 10.6 Å². The number of nitrogens with zero attached hydrogens (tertiary/aromatic N) is 1. The van der Waals surface area contributed by atoms with Crippen LogP contribution in [0.2, 0.25) is 0 Å². The topological polar surface area (TPSA) is 80.5 Å². The lowest BCUT2D eigenvalue weighted by atomic mass is 10.0. The van der Waals surface area contributed by atoms with E-state index in [2.05, 4.69) is 6.92 Å². The smallest absolute Gasteiger partial charge is 0.239 e.